The van der Waals surface area contributed by atoms with Crippen LogP contribution in [0, 0.1) is 0 Å². The fraction of sp³-hybridized carbons (Fsp3) is 1.00. The van der Waals surface area contributed by atoms with Crippen molar-refractivity contribution in [1.29, 1.82) is 0 Å². The molecule has 0 amide bonds. The van der Waals surface area contributed by atoms with Gasteiger partial charge in [-0.05, 0) is 0 Å². The SMILES string of the molecule is CC[Te]CCCCO. The number of rotatable bonds is 5. The summed E-state index contributed by atoms with van der Waals surface area (Å²) < 4.78 is 2.83. The molecule has 0 saturated heterocycles. The Bertz CT molecular complexity index is 33.5. The van der Waals surface area contributed by atoms with Gasteiger partial charge in [-0.15, -0.1) is 0 Å². The van der Waals surface area contributed by atoms with Crippen LogP contribution in [0.1, 0.15) is 19.8 Å². The molecule has 0 aromatic rings. The first kappa shape index (κ1) is 8.75. The maximum atomic E-state index is 8.38. The second-order valence-corrected chi connectivity index (χ2v) is 5.61. The Morgan fingerprint density at radius 2 is 2.12 bits per heavy atom. The maximum absolute atomic E-state index is 8.38. The van der Waals surface area contributed by atoms with E-state index >= 15 is 0 Å². The van der Waals surface area contributed by atoms with Crippen LogP contribution in [0.25, 0.3) is 0 Å². The van der Waals surface area contributed by atoms with Gasteiger partial charge in [0.2, 0.25) is 0 Å². The Morgan fingerprint density at radius 3 is 2.62 bits per heavy atom. The van der Waals surface area contributed by atoms with E-state index in [0.717, 1.165) is 6.42 Å². The van der Waals surface area contributed by atoms with Gasteiger partial charge in [-0.1, -0.05) is 0 Å². The molecule has 8 heavy (non-hydrogen) atoms. The normalized spacial score (nSPS) is 9.75. The fourth-order valence-corrected chi connectivity index (χ4v) is 2.45. The molecule has 0 bridgehead atoms. The average Bonchev–Trinajstić information content (AvgIpc) is 1.81. The van der Waals surface area contributed by atoms with E-state index in [-0.39, 0.29) is 0 Å². The summed E-state index contributed by atoms with van der Waals surface area (Å²) in [5.74, 6) is 0. The van der Waals surface area contributed by atoms with Crippen molar-refractivity contribution in [3.05, 3.63) is 0 Å². The summed E-state index contributed by atoms with van der Waals surface area (Å²) in [6.45, 7) is 2.64. The molecule has 0 spiro atoms. The quantitative estimate of drug-likeness (QED) is 0.557. The summed E-state index contributed by atoms with van der Waals surface area (Å²) in [7, 11) is 0. The van der Waals surface area contributed by atoms with Crippen molar-refractivity contribution in [1.82, 2.24) is 0 Å². The van der Waals surface area contributed by atoms with E-state index in [9.17, 15) is 0 Å². The Labute approximate surface area is 61.6 Å². The van der Waals surface area contributed by atoms with Gasteiger partial charge < -0.3 is 0 Å². The molecule has 1 nitrogen and oxygen atoms in total. The van der Waals surface area contributed by atoms with Crippen molar-refractivity contribution < 1.29 is 5.11 Å². The molecule has 0 aliphatic heterocycles. The van der Waals surface area contributed by atoms with Gasteiger partial charge in [0.15, 0.2) is 0 Å². The molecule has 0 aromatic carbocycles. The Morgan fingerprint density at radius 1 is 1.38 bits per heavy atom. The minimum atomic E-state index is 0.356. The average molecular weight is 230 g/mol. The zero-order valence-corrected chi connectivity index (χ0v) is 7.72. The van der Waals surface area contributed by atoms with Crippen molar-refractivity contribution >= 4 is 20.9 Å². The molecular formula is C6H14OTe. The van der Waals surface area contributed by atoms with Crippen LogP contribution in [0.15, 0.2) is 0 Å². The molecule has 0 fully saturated rings. The van der Waals surface area contributed by atoms with E-state index in [0.29, 0.717) is 27.5 Å². The molecule has 0 rings (SSSR count). The monoisotopic (exact) mass is 232 g/mol. The second-order valence-electron chi connectivity index (χ2n) is 1.63. The molecular weight excluding hydrogens is 216 g/mol. The van der Waals surface area contributed by atoms with Gasteiger partial charge >= 0.3 is 61.3 Å². The fourth-order valence-electron chi connectivity index (χ4n) is 0.460. The van der Waals surface area contributed by atoms with Crippen LogP contribution < -0.4 is 0 Å². The van der Waals surface area contributed by atoms with Crippen LogP contribution in [-0.2, 0) is 0 Å². The van der Waals surface area contributed by atoms with E-state index in [1.54, 1.807) is 0 Å². The number of aliphatic hydroxyl groups is 1. The van der Waals surface area contributed by atoms with E-state index in [4.69, 9.17) is 5.11 Å². The molecule has 0 unspecified atom stereocenters. The summed E-state index contributed by atoms with van der Waals surface area (Å²) in [4.78, 5) is 0. The Kier molecular flexibility index (Phi) is 8.48. The van der Waals surface area contributed by atoms with Crippen LogP contribution in [0.3, 0.4) is 0 Å². The summed E-state index contributed by atoms with van der Waals surface area (Å²) in [6, 6.07) is 0. The van der Waals surface area contributed by atoms with E-state index < -0.39 is 0 Å². The second kappa shape index (κ2) is 7.75. The van der Waals surface area contributed by atoms with Crippen molar-refractivity contribution in [2.45, 2.75) is 28.7 Å². The molecule has 0 aliphatic carbocycles. The van der Waals surface area contributed by atoms with Gasteiger partial charge in [0.25, 0.3) is 0 Å². The van der Waals surface area contributed by atoms with Crippen LogP contribution in [0.2, 0.25) is 8.94 Å². The number of aliphatic hydroxyl groups excluding tert-OH is 1. The minimum absolute atomic E-state index is 0.356. The Balaban J connectivity index is 2.53. The first-order valence-corrected chi connectivity index (χ1v) is 6.40. The van der Waals surface area contributed by atoms with Crippen molar-refractivity contribution in [2.75, 3.05) is 6.61 Å². The number of hydrogen-bond donors (Lipinski definition) is 1. The molecule has 50 valence electrons. The number of unbranched alkanes of at least 4 members (excludes halogenated alkanes) is 1. The molecule has 0 aliphatic rings. The summed E-state index contributed by atoms with van der Waals surface area (Å²) in [6.07, 6.45) is 2.28. The summed E-state index contributed by atoms with van der Waals surface area (Å²) >= 11 is 0.356. The van der Waals surface area contributed by atoms with Gasteiger partial charge in [-0.3, -0.25) is 0 Å². The molecule has 0 saturated carbocycles. The first-order valence-electron chi connectivity index (χ1n) is 3.10. The predicted molar refractivity (Wildman–Crippen MR) is 37.4 cm³/mol. The summed E-state index contributed by atoms with van der Waals surface area (Å²) in [5, 5.41) is 8.38. The Hall–Kier alpha value is 0.750. The van der Waals surface area contributed by atoms with Crippen molar-refractivity contribution in [3.63, 3.8) is 0 Å². The van der Waals surface area contributed by atoms with Gasteiger partial charge in [0.05, 0.1) is 0 Å². The van der Waals surface area contributed by atoms with Gasteiger partial charge in [-0.2, -0.15) is 0 Å². The van der Waals surface area contributed by atoms with Crippen LogP contribution in [0.4, 0.5) is 0 Å². The van der Waals surface area contributed by atoms with Crippen LogP contribution in [0.5, 0.6) is 0 Å². The van der Waals surface area contributed by atoms with Crippen LogP contribution >= 0.6 is 0 Å². The zero-order valence-electron chi connectivity index (χ0n) is 5.39. The molecule has 0 radical (unpaired) electrons. The van der Waals surface area contributed by atoms with E-state index in [2.05, 4.69) is 6.92 Å². The van der Waals surface area contributed by atoms with Gasteiger partial charge in [-0.25, -0.2) is 0 Å². The molecule has 0 heterocycles. The molecule has 0 aromatic heterocycles. The van der Waals surface area contributed by atoms with E-state index in [1.165, 1.54) is 15.4 Å². The van der Waals surface area contributed by atoms with Crippen molar-refractivity contribution in [2.24, 2.45) is 0 Å². The van der Waals surface area contributed by atoms with Gasteiger partial charge in [0.1, 0.15) is 0 Å². The third kappa shape index (κ3) is 6.75. The predicted octanol–water partition coefficient (Wildman–Crippen LogP) is 1.32. The van der Waals surface area contributed by atoms with E-state index in [1.807, 2.05) is 0 Å². The number of hydrogen-bond acceptors (Lipinski definition) is 1. The third-order valence-corrected chi connectivity index (χ3v) is 3.71. The molecule has 1 N–H and O–H groups in total. The molecule has 2 heteroatoms. The first-order chi connectivity index (χ1) is 3.91. The standard InChI is InChI=1S/C6H14OTe/c1-2-8-6-4-3-5-7/h7H,2-6H2,1H3. The summed E-state index contributed by atoms with van der Waals surface area (Å²) in [5.41, 5.74) is 0. The topological polar surface area (TPSA) is 20.2 Å². The van der Waals surface area contributed by atoms with Crippen molar-refractivity contribution in [3.8, 4) is 0 Å². The van der Waals surface area contributed by atoms with Gasteiger partial charge in [0, 0.05) is 0 Å². The molecule has 0 atom stereocenters. The third-order valence-electron chi connectivity index (χ3n) is 0.901. The van der Waals surface area contributed by atoms with Crippen LogP contribution in [-0.4, -0.2) is 32.6 Å². The zero-order chi connectivity index (χ0) is 6.24.